The Hall–Kier alpha value is -3.44. The Morgan fingerprint density at radius 1 is 1.02 bits per heavy atom. The maximum absolute atomic E-state index is 14.2. The molecule has 0 spiro atoms. The molecule has 0 saturated carbocycles. The SMILES string of the molecule is O=C(NCc1cc(F)cc(Cl)c1)[C@@]1(O)CCN(c2ccc3c(c2)CN([C@@H]2CC[C@@H](c4cc(F)ccc4F)OC2)C3)C1=O. The first-order valence-corrected chi connectivity index (χ1v) is 14.2. The second kappa shape index (κ2) is 11.3. The van der Waals surface area contributed by atoms with Gasteiger partial charge in [0.1, 0.15) is 17.5 Å². The molecule has 11 heteroatoms. The van der Waals surface area contributed by atoms with Crippen LogP contribution in [0.25, 0.3) is 0 Å². The molecular weight excluding hydrogens is 571 g/mol. The van der Waals surface area contributed by atoms with Crippen molar-refractivity contribution < 1.29 is 32.6 Å². The number of halogens is 4. The number of carbonyl (C=O) groups is 2. The molecule has 2 amide bonds. The predicted molar refractivity (Wildman–Crippen MR) is 149 cm³/mol. The minimum absolute atomic E-state index is 0.0860. The number of rotatable bonds is 6. The van der Waals surface area contributed by atoms with E-state index in [1.807, 2.05) is 12.1 Å². The van der Waals surface area contributed by atoms with Crippen molar-refractivity contribution in [1.82, 2.24) is 10.2 Å². The summed E-state index contributed by atoms with van der Waals surface area (Å²) in [4.78, 5) is 29.8. The number of hydrogen-bond acceptors (Lipinski definition) is 5. The minimum atomic E-state index is -2.24. The van der Waals surface area contributed by atoms with Crippen LogP contribution in [0.15, 0.2) is 54.6 Å². The lowest BCUT2D eigenvalue weighted by atomic mass is 9.97. The zero-order chi connectivity index (χ0) is 29.6. The molecule has 3 aliphatic rings. The molecule has 3 aromatic carbocycles. The summed E-state index contributed by atoms with van der Waals surface area (Å²) in [5.41, 5.74) is 1.13. The highest BCUT2D eigenvalue weighted by Crippen LogP contribution is 2.37. The third-order valence-electron chi connectivity index (χ3n) is 8.37. The number of nitrogens with zero attached hydrogens (tertiary/aromatic N) is 2. The summed E-state index contributed by atoms with van der Waals surface area (Å²) in [6, 6.07) is 13.0. The van der Waals surface area contributed by atoms with Crippen LogP contribution < -0.4 is 10.2 Å². The van der Waals surface area contributed by atoms with Crippen LogP contribution in [0.2, 0.25) is 5.02 Å². The van der Waals surface area contributed by atoms with Gasteiger partial charge >= 0.3 is 0 Å². The molecule has 220 valence electrons. The van der Waals surface area contributed by atoms with E-state index in [1.165, 1.54) is 23.1 Å². The highest BCUT2D eigenvalue weighted by atomic mass is 35.5. The number of amides is 2. The lowest BCUT2D eigenvalue weighted by Crippen LogP contribution is -2.52. The van der Waals surface area contributed by atoms with Gasteiger partial charge in [-0.1, -0.05) is 17.7 Å². The van der Waals surface area contributed by atoms with E-state index in [1.54, 1.807) is 6.07 Å². The van der Waals surface area contributed by atoms with Gasteiger partial charge in [-0.15, -0.1) is 0 Å². The van der Waals surface area contributed by atoms with E-state index < -0.39 is 41.0 Å². The van der Waals surface area contributed by atoms with Crippen molar-refractivity contribution in [3.8, 4) is 0 Å². The molecule has 42 heavy (non-hydrogen) atoms. The van der Waals surface area contributed by atoms with E-state index in [4.69, 9.17) is 16.3 Å². The van der Waals surface area contributed by atoms with Crippen LogP contribution in [0, 0.1) is 17.5 Å². The largest absolute Gasteiger partial charge is 0.372 e. The second-order valence-corrected chi connectivity index (χ2v) is 11.5. The van der Waals surface area contributed by atoms with Crippen LogP contribution >= 0.6 is 11.6 Å². The van der Waals surface area contributed by atoms with Crippen molar-refractivity contribution in [1.29, 1.82) is 0 Å². The van der Waals surface area contributed by atoms with Gasteiger partial charge < -0.3 is 20.1 Å². The average molecular weight is 600 g/mol. The summed E-state index contributed by atoms with van der Waals surface area (Å²) in [6.07, 6.45) is 0.753. The van der Waals surface area contributed by atoms with E-state index in [-0.39, 0.29) is 36.1 Å². The number of anilines is 1. The monoisotopic (exact) mass is 599 g/mol. The number of carbonyl (C=O) groups excluding carboxylic acids is 2. The van der Waals surface area contributed by atoms with Crippen LogP contribution in [-0.4, -0.2) is 46.6 Å². The van der Waals surface area contributed by atoms with Gasteiger partial charge in [-0.25, -0.2) is 13.2 Å². The normalized spacial score (nSPS) is 24.2. The van der Waals surface area contributed by atoms with E-state index in [9.17, 15) is 27.9 Å². The first-order valence-electron chi connectivity index (χ1n) is 13.8. The number of ether oxygens (including phenoxy) is 1. The lowest BCUT2D eigenvalue weighted by molar-refractivity contribution is -0.149. The van der Waals surface area contributed by atoms with Crippen LogP contribution in [0.1, 0.15) is 47.6 Å². The summed E-state index contributed by atoms with van der Waals surface area (Å²) in [6.45, 7) is 1.76. The van der Waals surface area contributed by atoms with E-state index in [2.05, 4.69) is 10.2 Å². The van der Waals surface area contributed by atoms with Crippen molar-refractivity contribution in [3.63, 3.8) is 0 Å². The zero-order valence-electron chi connectivity index (χ0n) is 22.6. The molecule has 0 unspecified atom stereocenters. The third-order valence-corrected chi connectivity index (χ3v) is 8.59. The van der Waals surface area contributed by atoms with Gasteiger partial charge in [0.2, 0.25) is 5.60 Å². The molecule has 3 aliphatic heterocycles. The molecule has 0 radical (unpaired) electrons. The topological polar surface area (TPSA) is 82.1 Å². The van der Waals surface area contributed by atoms with Gasteiger partial charge in [0.05, 0.1) is 12.7 Å². The Kier molecular flexibility index (Phi) is 7.74. The predicted octanol–water partition coefficient (Wildman–Crippen LogP) is 4.78. The fourth-order valence-electron chi connectivity index (χ4n) is 6.07. The summed E-state index contributed by atoms with van der Waals surface area (Å²) in [5.74, 6) is -3.09. The maximum Gasteiger partial charge on any atom is 0.268 e. The van der Waals surface area contributed by atoms with E-state index in [0.29, 0.717) is 37.4 Å². The fraction of sp³-hybridized carbons (Fsp3) is 0.355. The van der Waals surface area contributed by atoms with Crippen LogP contribution in [0.4, 0.5) is 18.9 Å². The van der Waals surface area contributed by atoms with Crippen molar-refractivity contribution in [2.24, 2.45) is 0 Å². The quantitative estimate of drug-likeness (QED) is 0.399. The van der Waals surface area contributed by atoms with Gasteiger partial charge in [-0.05, 0) is 78.1 Å². The minimum Gasteiger partial charge on any atom is -0.372 e. The van der Waals surface area contributed by atoms with Crippen molar-refractivity contribution >= 4 is 29.1 Å². The Bertz CT molecular complexity index is 1530. The lowest BCUT2D eigenvalue weighted by Gasteiger charge is -2.35. The Morgan fingerprint density at radius 2 is 1.83 bits per heavy atom. The number of aliphatic hydroxyl groups is 1. The molecule has 2 saturated heterocycles. The molecule has 2 fully saturated rings. The Labute approximate surface area is 245 Å². The molecule has 7 nitrogen and oxygen atoms in total. The van der Waals surface area contributed by atoms with Crippen LogP contribution in [-0.2, 0) is 34.0 Å². The summed E-state index contributed by atoms with van der Waals surface area (Å²) >= 11 is 5.87. The highest BCUT2D eigenvalue weighted by molar-refractivity contribution is 6.30. The molecule has 3 aromatic rings. The van der Waals surface area contributed by atoms with Crippen LogP contribution in [0.3, 0.4) is 0 Å². The van der Waals surface area contributed by atoms with Crippen molar-refractivity contribution in [2.75, 3.05) is 18.1 Å². The van der Waals surface area contributed by atoms with Crippen LogP contribution in [0.5, 0.6) is 0 Å². The molecular formula is C31H29ClF3N3O4. The van der Waals surface area contributed by atoms with Gasteiger partial charge in [-0.3, -0.25) is 14.5 Å². The fourth-order valence-corrected chi connectivity index (χ4v) is 6.31. The molecule has 3 atom stereocenters. The smallest absolute Gasteiger partial charge is 0.268 e. The first kappa shape index (κ1) is 28.7. The third kappa shape index (κ3) is 5.51. The summed E-state index contributed by atoms with van der Waals surface area (Å²) in [5, 5.41) is 13.7. The number of fused-ring (bicyclic) bond motifs is 1. The van der Waals surface area contributed by atoms with E-state index in [0.717, 1.165) is 35.7 Å². The van der Waals surface area contributed by atoms with Crippen molar-refractivity contribution in [2.45, 2.75) is 56.6 Å². The maximum atomic E-state index is 14.2. The summed E-state index contributed by atoms with van der Waals surface area (Å²) < 4.78 is 47.4. The zero-order valence-corrected chi connectivity index (χ0v) is 23.3. The summed E-state index contributed by atoms with van der Waals surface area (Å²) in [7, 11) is 0. The number of benzene rings is 3. The average Bonchev–Trinajstić information content (AvgIpc) is 3.53. The standard InChI is InChI=1S/C31H29ClF3N3O4/c32-21-9-18(10-23(34)12-21)14-36-29(39)31(41)7-8-38(30(31)40)24-3-1-19-15-37(16-20(19)11-24)25-4-6-28(42-17-25)26-13-22(33)2-5-27(26)35/h1-3,5,9-13,25,28,41H,4,6-8,14-17H2,(H,36,39)/t25-,28+,31+/m1/s1. The molecule has 0 aromatic heterocycles. The molecule has 6 rings (SSSR count). The van der Waals surface area contributed by atoms with Gasteiger partial charge in [-0.2, -0.15) is 0 Å². The highest BCUT2D eigenvalue weighted by Gasteiger charge is 2.51. The molecule has 0 aliphatic carbocycles. The Balaban J connectivity index is 1.07. The van der Waals surface area contributed by atoms with Gasteiger partial charge in [0.15, 0.2) is 0 Å². The van der Waals surface area contributed by atoms with Gasteiger partial charge in [0.25, 0.3) is 11.8 Å². The first-order chi connectivity index (χ1) is 20.1. The number of nitrogens with one attached hydrogen (secondary N) is 1. The number of hydrogen-bond donors (Lipinski definition) is 2. The second-order valence-electron chi connectivity index (χ2n) is 11.1. The van der Waals surface area contributed by atoms with Gasteiger partial charge in [0, 0.05) is 54.9 Å². The molecule has 0 bridgehead atoms. The molecule has 2 N–H and O–H groups in total. The van der Waals surface area contributed by atoms with Crippen molar-refractivity contribution in [3.05, 3.63) is 99.3 Å². The molecule has 3 heterocycles. The Morgan fingerprint density at radius 3 is 2.60 bits per heavy atom. The van der Waals surface area contributed by atoms with E-state index >= 15 is 0 Å².